The minimum atomic E-state index is 0.0531. The van der Waals surface area contributed by atoms with Crippen LogP contribution in [-0.2, 0) is 4.74 Å². The van der Waals surface area contributed by atoms with E-state index in [1.807, 2.05) is 6.92 Å². The van der Waals surface area contributed by atoms with Gasteiger partial charge in [0.2, 0.25) is 5.88 Å². The van der Waals surface area contributed by atoms with Crippen molar-refractivity contribution in [2.24, 2.45) is 10.9 Å². The van der Waals surface area contributed by atoms with E-state index in [1.165, 1.54) is 0 Å². The predicted molar refractivity (Wildman–Crippen MR) is 66.0 cm³/mol. The highest BCUT2D eigenvalue weighted by Gasteiger charge is 2.16. The number of ether oxygens (including phenoxy) is 2. The van der Waals surface area contributed by atoms with E-state index >= 15 is 0 Å². The first-order chi connectivity index (χ1) is 8.69. The van der Waals surface area contributed by atoms with Crippen LogP contribution in [0.3, 0.4) is 0 Å². The lowest BCUT2D eigenvalue weighted by molar-refractivity contribution is 0.0237. The van der Waals surface area contributed by atoms with Crippen LogP contribution < -0.4 is 10.5 Å². The molecule has 2 heterocycles. The maximum Gasteiger partial charge on any atom is 0.214 e. The summed E-state index contributed by atoms with van der Waals surface area (Å²) in [6, 6.07) is 3.42. The molecule has 0 unspecified atom stereocenters. The second-order valence-electron chi connectivity index (χ2n) is 4.25. The van der Waals surface area contributed by atoms with Crippen LogP contribution in [0.4, 0.5) is 0 Å². The number of hydrogen-bond donors (Lipinski definition) is 2. The molecule has 18 heavy (non-hydrogen) atoms. The number of nitrogens with zero attached hydrogens (tertiary/aromatic N) is 2. The molecule has 1 aromatic rings. The Morgan fingerprint density at radius 2 is 2.22 bits per heavy atom. The van der Waals surface area contributed by atoms with Gasteiger partial charge < -0.3 is 20.4 Å². The summed E-state index contributed by atoms with van der Waals surface area (Å²) in [5.74, 6) is 0.556. The van der Waals surface area contributed by atoms with E-state index in [0.717, 1.165) is 18.5 Å². The van der Waals surface area contributed by atoms with Crippen molar-refractivity contribution in [3.8, 4) is 5.88 Å². The van der Waals surface area contributed by atoms with Crippen LogP contribution in [0.2, 0.25) is 0 Å². The largest absolute Gasteiger partial charge is 0.474 e. The van der Waals surface area contributed by atoms with Crippen LogP contribution in [0.1, 0.15) is 24.1 Å². The fourth-order valence-electron chi connectivity index (χ4n) is 1.87. The van der Waals surface area contributed by atoms with Gasteiger partial charge in [-0.15, -0.1) is 0 Å². The van der Waals surface area contributed by atoms with Crippen molar-refractivity contribution in [1.29, 1.82) is 0 Å². The molecule has 3 N–H and O–H groups in total. The number of pyridine rings is 1. The molecule has 98 valence electrons. The van der Waals surface area contributed by atoms with E-state index in [4.69, 9.17) is 20.4 Å². The lowest BCUT2D eigenvalue weighted by atomic mass is 10.1. The molecule has 1 fully saturated rings. The van der Waals surface area contributed by atoms with Gasteiger partial charge in [-0.1, -0.05) is 5.16 Å². The number of aryl methyl sites for hydroxylation is 1. The highest BCUT2D eigenvalue weighted by Crippen LogP contribution is 2.18. The summed E-state index contributed by atoms with van der Waals surface area (Å²) in [5.41, 5.74) is 6.93. The van der Waals surface area contributed by atoms with Crippen molar-refractivity contribution in [1.82, 2.24) is 4.98 Å². The Balaban J connectivity index is 2.14. The molecule has 0 atom stereocenters. The second-order valence-corrected chi connectivity index (χ2v) is 4.25. The summed E-state index contributed by atoms with van der Waals surface area (Å²) in [7, 11) is 0. The van der Waals surface area contributed by atoms with E-state index in [1.54, 1.807) is 12.1 Å². The maximum absolute atomic E-state index is 8.68. The Morgan fingerprint density at radius 3 is 2.89 bits per heavy atom. The molecule has 1 aliphatic heterocycles. The van der Waals surface area contributed by atoms with E-state index in [9.17, 15) is 0 Å². The third-order valence-corrected chi connectivity index (χ3v) is 2.79. The van der Waals surface area contributed by atoms with Gasteiger partial charge in [-0.05, 0) is 13.0 Å². The van der Waals surface area contributed by atoms with E-state index in [2.05, 4.69) is 10.1 Å². The van der Waals surface area contributed by atoms with Gasteiger partial charge in [0.15, 0.2) is 5.84 Å². The smallest absolute Gasteiger partial charge is 0.214 e. The molecule has 1 aliphatic rings. The number of oxime groups is 1. The Morgan fingerprint density at radius 1 is 1.50 bits per heavy atom. The van der Waals surface area contributed by atoms with E-state index in [0.29, 0.717) is 24.7 Å². The monoisotopic (exact) mass is 251 g/mol. The molecule has 2 rings (SSSR count). The van der Waals surface area contributed by atoms with Gasteiger partial charge in [-0.2, -0.15) is 0 Å². The molecular weight excluding hydrogens is 234 g/mol. The summed E-state index contributed by atoms with van der Waals surface area (Å²) in [6.45, 7) is 3.26. The first kappa shape index (κ1) is 12.6. The van der Waals surface area contributed by atoms with Crippen LogP contribution in [0.15, 0.2) is 17.3 Å². The van der Waals surface area contributed by atoms with Crippen LogP contribution in [0.25, 0.3) is 0 Å². The normalized spacial score (nSPS) is 17.7. The zero-order valence-corrected chi connectivity index (χ0v) is 10.3. The molecule has 1 aromatic heterocycles. The zero-order valence-electron chi connectivity index (χ0n) is 10.3. The molecule has 1 saturated heterocycles. The van der Waals surface area contributed by atoms with Gasteiger partial charge in [0.1, 0.15) is 6.10 Å². The summed E-state index contributed by atoms with van der Waals surface area (Å²) >= 11 is 0. The van der Waals surface area contributed by atoms with Gasteiger partial charge >= 0.3 is 0 Å². The van der Waals surface area contributed by atoms with E-state index in [-0.39, 0.29) is 11.9 Å². The lowest BCUT2D eigenvalue weighted by Crippen LogP contribution is -2.26. The zero-order chi connectivity index (χ0) is 13.0. The van der Waals surface area contributed by atoms with Crippen LogP contribution in [-0.4, -0.2) is 35.3 Å². The minimum Gasteiger partial charge on any atom is -0.474 e. The van der Waals surface area contributed by atoms with E-state index < -0.39 is 0 Å². The Hall–Kier alpha value is -1.82. The highest BCUT2D eigenvalue weighted by atomic mass is 16.5. The summed E-state index contributed by atoms with van der Waals surface area (Å²) in [5, 5.41) is 11.7. The highest BCUT2D eigenvalue weighted by molar-refractivity contribution is 5.97. The van der Waals surface area contributed by atoms with Crippen molar-refractivity contribution in [2.45, 2.75) is 25.9 Å². The molecule has 6 nitrogen and oxygen atoms in total. The minimum absolute atomic E-state index is 0.0531. The number of nitrogens with two attached hydrogens (primary N) is 1. The molecule has 0 radical (unpaired) electrons. The molecule has 0 spiro atoms. The molecular formula is C12H17N3O3. The lowest BCUT2D eigenvalue weighted by Gasteiger charge is -2.23. The molecule has 0 bridgehead atoms. The maximum atomic E-state index is 8.68. The van der Waals surface area contributed by atoms with Crippen LogP contribution in [0, 0.1) is 6.92 Å². The third kappa shape index (κ3) is 3.10. The summed E-state index contributed by atoms with van der Waals surface area (Å²) < 4.78 is 11.1. The van der Waals surface area contributed by atoms with Crippen LogP contribution in [0.5, 0.6) is 5.88 Å². The second kappa shape index (κ2) is 5.68. The van der Waals surface area contributed by atoms with Gasteiger partial charge in [-0.3, -0.25) is 0 Å². The third-order valence-electron chi connectivity index (χ3n) is 2.79. The van der Waals surface area contributed by atoms with Crippen molar-refractivity contribution < 1.29 is 14.7 Å². The van der Waals surface area contributed by atoms with Crippen molar-refractivity contribution in [3.63, 3.8) is 0 Å². The van der Waals surface area contributed by atoms with Crippen molar-refractivity contribution in [3.05, 3.63) is 23.4 Å². The Kier molecular flexibility index (Phi) is 3.99. The van der Waals surface area contributed by atoms with Crippen molar-refractivity contribution in [2.75, 3.05) is 13.2 Å². The fraction of sp³-hybridized carbons (Fsp3) is 0.500. The molecule has 0 saturated carbocycles. The number of hydrogen-bond acceptors (Lipinski definition) is 5. The quantitative estimate of drug-likeness (QED) is 0.362. The number of rotatable bonds is 3. The standard InChI is InChI=1S/C12H17N3O3/c1-8-6-9(12(13)15-16)7-11(14-8)18-10-2-4-17-5-3-10/h6-7,10,16H,2-5H2,1H3,(H2,13,15). The summed E-state index contributed by atoms with van der Waals surface area (Å²) in [6.07, 6.45) is 1.83. The predicted octanol–water partition coefficient (Wildman–Crippen LogP) is 1.04. The Bertz CT molecular complexity index is 442. The topological polar surface area (TPSA) is 90.0 Å². The van der Waals surface area contributed by atoms with Crippen molar-refractivity contribution >= 4 is 5.84 Å². The van der Waals surface area contributed by atoms with Crippen LogP contribution >= 0.6 is 0 Å². The fourth-order valence-corrected chi connectivity index (χ4v) is 1.87. The van der Waals surface area contributed by atoms with Gasteiger partial charge in [-0.25, -0.2) is 4.98 Å². The van der Waals surface area contributed by atoms with Gasteiger partial charge in [0.25, 0.3) is 0 Å². The average Bonchev–Trinajstić information content (AvgIpc) is 2.38. The molecule has 6 heteroatoms. The molecule has 0 amide bonds. The molecule has 0 aliphatic carbocycles. The first-order valence-electron chi connectivity index (χ1n) is 5.90. The molecule has 0 aromatic carbocycles. The first-order valence-corrected chi connectivity index (χ1v) is 5.90. The Labute approximate surface area is 105 Å². The average molecular weight is 251 g/mol. The van der Waals surface area contributed by atoms with Gasteiger partial charge in [0.05, 0.1) is 13.2 Å². The summed E-state index contributed by atoms with van der Waals surface area (Å²) in [4.78, 5) is 4.29. The SMILES string of the molecule is Cc1cc(/C(N)=N/O)cc(OC2CCOCC2)n1. The van der Waals surface area contributed by atoms with Gasteiger partial charge in [0, 0.05) is 30.2 Å². The number of aromatic nitrogens is 1. The number of amidine groups is 1.